The quantitative estimate of drug-likeness (QED) is 0.335. The lowest BCUT2D eigenvalue weighted by Crippen LogP contribution is -2.51. The Kier molecular flexibility index (Phi) is 5.52. The number of carbonyl (C=O) groups excluding carboxylic acids is 2. The topological polar surface area (TPSA) is 80.8 Å². The number of ether oxygens (including phenoxy) is 1. The van der Waals surface area contributed by atoms with Crippen LogP contribution in [0, 0.1) is 12.5 Å². The van der Waals surface area contributed by atoms with E-state index in [9.17, 15) is 9.59 Å². The number of hydrogen-bond donors (Lipinski definition) is 1. The molecule has 1 N–H and O–H groups in total. The number of hydrogen-bond acceptors (Lipinski definition) is 4. The third-order valence-electron chi connectivity index (χ3n) is 6.56. The van der Waals surface area contributed by atoms with Crippen molar-refractivity contribution in [3.05, 3.63) is 89.9 Å². The Bertz CT molecular complexity index is 1730. The molecule has 0 saturated heterocycles. The Hall–Kier alpha value is -4.64. The average molecular weight is 513 g/mol. The molecule has 0 bridgehead atoms. The molecule has 1 aliphatic rings. The molecule has 0 unspecified atom stereocenters. The number of amides is 2. The Morgan fingerprint density at radius 2 is 2.00 bits per heavy atom. The molecule has 0 spiro atoms. The van der Waals surface area contributed by atoms with Crippen LogP contribution in [0.1, 0.15) is 39.0 Å². The van der Waals surface area contributed by atoms with Crippen molar-refractivity contribution < 1.29 is 21.2 Å². The molecule has 2 atom stereocenters. The summed E-state index contributed by atoms with van der Waals surface area (Å²) in [6.45, 7) is 6.03. The molecule has 38 heavy (non-hydrogen) atoms. The number of benzene rings is 3. The van der Waals surface area contributed by atoms with Crippen LogP contribution in [0.2, 0.25) is 0 Å². The van der Waals surface area contributed by atoms with Crippen LogP contribution in [0.5, 0.6) is 5.75 Å². The van der Waals surface area contributed by atoms with E-state index < -0.39 is 43.4 Å². The van der Waals surface area contributed by atoms with Gasteiger partial charge in [-0.05, 0) is 36.2 Å². The number of carbonyl (C=O) groups is 2. The number of anilines is 1. The monoisotopic (exact) mass is 512 g/mol. The zero-order valence-corrected chi connectivity index (χ0v) is 20.7. The second-order valence-corrected chi connectivity index (χ2v) is 9.05. The van der Waals surface area contributed by atoms with Gasteiger partial charge in [0.2, 0.25) is 11.6 Å². The van der Waals surface area contributed by atoms with Crippen molar-refractivity contribution in [1.82, 2.24) is 15.1 Å². The second-order valence-electron chi connectivity index (χ2n) is 9.05. The molecular formula is C30H29N5O3. The van der Waals surface area contributed by atoms with Crippen LogP contribution in [-0.4, -0.2) is 34.2 Å². The van der Waals surface area contributed by atoms with Crippen molar-refractivity contribution in [2.24, 2.45) is 5.92 Å². The van der Waals surface area contributed by atoms with Crippen molar-refractivity contribution in [2.45, 2.75) is 39.2 Å². The lowest BCUT2D eigenvalue weighted by molar-refractivity contribution is -0.130. The maximum Gasteiger partial charge on any atom is 0.253 e. The first-order chi connectivity index (χ1) is 20.4. The summed E-state index contributed by atoms with van der Waals surface area (Å²) in [5.74, 6) is -1.65. The smallest absolute Gasteiger partial charge is 0.253 e. The molecule has 2 amide bonds. The summed E-state index contributed by atoms with van der Waals surface area (Å²) >= 11 is 0. The highest BCUT2D eigenvalue weighted by atomic mass is 16.5. The van der Waals surface area contributed by atoms with E-state index in [-0.39, 0.29) is 13.2 Å². The molecule has 5 rings (SSSR count). The lowest BCUT2D eigenvalue weighted by atomic mass is 10.0. The third kappa shape index (κ3) is 4.71. The first-order valence-electron chi connectivity index (χ1n) is 14.7. The maximum absolute atomic E-state index is 14.0. The normalized spacial score (nSPS) is 18.4. The molecular weight excluding hydrogens is 478 g/mol. The Morgan fingerprint density at radius 3 is 2.82 bits per heavy atom. The summed E-state index contributed by atoms with van der Waals surface area (Å²) in [5, 5.41) is 7.98. The van der Waals surface area contributed by atoms with Crippen LogP contribution >= 0.6 is 0 Å². The molecule has 8 nitrogen and oxygen atoms in total. The van der Waals surface area contributed by atoms with Crippen molar-refractivity contribution in [3.63, 3.8) is 0 Å². The molecule has 2 heterocycles. The summed E-state index contributed by atoms with van der Waals surface area (Å²) in [7, 11) is 0. The number of para-hydroxylation sites is 4. The summed E-state index contributed by atoms with van der Waals surface area (Å²) in [6.07, 6.45) is -1.42. The Morgan fingerprint density at radius 1 is 1.21 bits per heavy atom. The zero-order valence-electron chi connectivity index (χ0n) is 25.7. The SMILES string of the molecule is [2H]C([2H])([2H])C([2H])([2H])C[C@@H](C)C(=O)N[C@H]1COc2ccccc2N(Cc2cccc3c2cnn3-c2ccccc2[N+]#[C-])C1=O. The van der Waals surface area contributed by atoms with E-state index in [2.05, 4.69) is 15.3 Å². The maximum atomic E-state index is 14.0. The molecule has 4 aromatic rings. The molecule has 8 heteroatoms. The van der Waals surface area contributed by atoms with E-state index >= 15 is 0 Å². The molecule has 0 radical (unpaired) electrons. The van der Waals surface area contributed by atoms with Crippen molar-refractivity contribution in [3.8, 4) is 11.4 Å². The molecule has 1 aliphatic heterocycles. The lowest BCUT2D eigenvalue weighted by Gasteiger charge is -2.26. The van der Waals surface area contributed by atoms with Gasteiger partial charge in [0, 0.05) is 18.2 Å². The average Bonchev–Trinajstić information content (AvgIpc) is 3.36. The summed E-state index contributed by atoms with van der Waals surface area (Å²) in [5.41, 5.74) is 3.13. The van der Waals surface area contributed by atoms with E-state index in [1.54, 1.807) is 47.3 Å². The van der Waals surface area contributed by atoms with Gasteiger partial charge in [-0.3, -0.25) is 9.59 Å². The standard InChI is InChI=1S/C30H29N5O3/c1-4-10-20(2)29(36)33-24-19-38-28-16-8-7-14-27(28)34(30(24)37)18-21-11-9-15-25-22(21)17-32-35(25)26-13-6-5-12-23(26)31-3/h5-9,11-17,20,24H,4,10,18-19H2,1-2H3,(H,33,36)/t20-,24+/m1/s1/i1D3,4D2. The minimum absolute atomic E-state index is 0.121. The second kappa shape index (κ2) is 10.8. The van der Waals surface area contributed by atoms with Crippen molar-refractivity contribution >= 4 is 34.1 Å². The number of fused-ring (bicyclic) bond motifs is 2. The fraction of sp³-hybridized carbons (Fsp3) is 0.267. The molecule has 0 aliphatic carbocycles. The van der Waals surface area contributed by atoms with Gasteiger partial charge in [-0.25, -0.2) is 9.53 Å². The van der Waals surface area contributed by atoms with Crippen LogP contribution in [0.3, 0.4) is 0 Å². The number of nitrogens with zero attached hydrogens (tertiary/aromatic N) is 4. The summed E-state index contributed by atoms with van der Waals surface area (Å²) in [6, 6.07) is 18.7. The summed E-state index contributed by atoms with van der Waals surface area (Å²) < 4.78 is 45.7. The van der Waals surface area contributed by atoms with Gasteiger partial charge in [-0.2, -0.15) is 5.10 Å². The van der Waals surface area contributed by atoms with Gasteiger partial charge >= 0.3 is 0 Å². The van der Waals surface area contributed by atoms with E-state index in [1.807, 2.05) is 30.3 Å². The Labute approximate surface area is 228 Å². The van der Waals surface area contributed by atoms with Crippen LogP contribution in [0.15, 0.2) is 72.9 Å². The Balaban J connectivity index is 1.45. The molecule has 0 saturated carbocycles. The van der Waals surface area contributed by atoms with Crippen LogP contribution in [-0.2, 0) is 16.1 Å². The molecule has 1 aromatic heterocycles. The van der Waals surface area contributed by atoms with E-state index in [0.29, 0.717) is 22.8 Å². The molecule has 3 aromatic carbocycles. The highest BCUT2D eigenvalue weighted by molar-refractivity contribution is 6.01. The predicted molar refractivity (Wildman–Crippen MR) is 146 cm³/mol. The first kappa shape index (κ1) is 19.5. The van der Waals surface area contributed by atoms with Crippen molar-refractivity contribution in [1.29, 1.82) is 0 Å². The van der Waals surface area contributed by atoms with Gasteiger partial charge < -0.3 is 15.0 Å². The highest BCUT2D eigenvalue weighted by Crippen LogP contribution is 2.34. The van der Waals surface area contributed by atoms with Gasteiger partial charge in [0.25, 0.3) is 5.91 Å². The minimum Gasteiger partial charge on any atom is -0.489 e. The third-order valence-corrected chi connectivity index (χ3v) is 6.56. The van der Waals surface area contributed by atoms with Crippen LogP contribution < -0.4 is 15.0 Å². The molecule has 192 valence electrons. The van der Waals surface area contributed by atoms with E-state index in [4.69, 9.17) is 18.2 Å². The van der Waals surface area contributed by atoms with E-state index in [0.717, 1.165) is 16.5 Å². The predicted octanol–water partition coefficient (Wildman–Crippen LogP) is 5.42. The van der Waals surface area contributed by atoms with Gasteiger partial charge in [-0.15, -0.1) is 0 Å². The number of nitrogens with one attached hydrogen (secondary N) is 1. The van der Waals surface area contributed by atoms with Crippen molar-refractivity contribution in [2.75, 3.05) is 11.5 Å². The van der Waals surface area contributed by atoms with Crippen LogP contribution in [0.25, 0.3) is 21.4 Å². The van der Waals surface area contributed by atoms with Gasteiger partial charge in [0.1, 0.15) is 18.4 Å². The number of rotatable bonds is 7. The largest absolute Gasteiger partial charge is 0.489 e. The van der Waals surface area contributed by atoms with Gasteiger partial charge in [0.15, 0.2) is 0 Å². The number of aromatic nitrogens is 2. The summed E-state index contributed by atoms with van der Waals surface area (Å²) in [4.78, 5) is 32.2. The van der Waals surface area contributed by atoms with Crippen LogP contribution in [0.4, 0.5) is 11.4 Å². The highest BCUT2D eigenvalue weighted by Gasteiger charge is 2.33. The fourth-order valence-electron chi connectivity index (χ4n) is 4.53. The first-order valence-corrected chi connectivity index (χ1v) is 12.2. The fourth-order valence-corrected chi connectivity index (χ4v) is 4.53. The zero-order chi connectivity index (χ0) is 30.9. The van der Waals surface area contributed by atoms with E-state index in [1.165, 1.54) is 11.8 Å². The minimum atomic E-state index is -2.89. The van der Waals surface area contributed by atoms with Gasteiger partial charge in [0.05, 0.1) is 36.2 Å². The van der Waals surface area contributed by atoms with Gasteiger partial charge in [-0.1, -0.05) is 62.6 Å². The molecule has 0 fully saturated rings.